The number of halogens is 1. The third-order valence-electron chi connectivity index (χ3n) is 5.38. The molecule has 0 radical (unpaired) electrons. The molecule has 164 valence electrons. The summed E-state index contributed by atoms with van der Waals surface area (Å²) in [4.78, 5) is 7.12. The molecule has 1 unspecified atom stereocenters. The normalized spacial score (nSPS) is 17.3. The van der Waals surface area contributed by atoms with E-state index >= 15 is 0 Å². The Kier molecular flexibility index (Phi) is 6.91. The third kappa shape index (κ3) is 5.63. The minimum Gasteiger partial charge on any atom is -0.493 e. The molecule has 0 amide bonds. The lowest BCUT2D eigenvalue weighted by Gasteiger charge is -2.17. The summed E-state index contributed by atoms with van der Waals surface area (Å²) in [5, 5.41) is 1.02. The minimum atomic E-state index is -3.51. The molecule has 0 saturated carbocycles. The Labute approximate surface area is 191 Å². The lowest BCUT2D eigenvalue weighted by atomic mass is 10.2. The predicted octanol–water partition coefficient (Wildman–Crippen LogP) is 4.13. The number of fused-ring (bicyclic) bond motifs is 1. The standard InChI is InChI=1S/C23H26BrN3O3S/c1-17-14-23(21-8-2-3-9-22(21)25-17)30-13-5-11-27-12-10-19(16-27)26-31(28,29)20-7-4-6-18(24)15-20/h2-4,6-9,14-15,19,26H,5,10-13,16H2,1H3. The van der Waals surface area contributed by atoms with E-state index in [2.05, 4.69) is 30.5 Å². The van der Waals surface area contributed by atoms with E-state index in [1.54, 1.807) is 18.2 Å². The summed E-state index contributed by atoms with van der Waals surface area (Å²) in [7, 11) is -3.51. The Bertz CT molecular complexity index is 1170. The second-order valence-corrected chi connectivity index (χ2v) is 10.5. The summed E-state index contributed by atoms with van der Waals surface area (Å²) in [5.74, 6) is 0.865. The Morgan fingerprint density at radius 1 is 1.19 bits per heavy atom. The van der Waals surface area contributed by atoms with Gasteiger partial charge in [-0.15, -0.1) is 0 Å². The topological polar surface area (TPSA) is 71.5 Å². The van der Waals surface area contributed by atoms with E-state index in [0.29, 0.717) is 13.2 Å². The lowest BCUT2D eigenvalue weighted by Crippen LogP contribution is -2.37. The Balaban J connectivity index is 1.26. The number of nitrogens with one attached hydrogen (secondary N) is 1. The SMILES string of the molecule is Cc1cc(OCCCN2CCC(NS(=O)(=O)c3cccc(Br)c3)C2)c2ccccc2n1. The van der Waals surface area contributed by atoms with Gasteiger partial charge in [0.2, 0.25) is 10.0 Å². The molecule has 1 atom stereocenters. The van der Waals surface area contributed by atoms with E-state index in [0.717, 1.165) is 52.8 Å². The van der Waals surface area contributed by atoms with Crippen molar-refractivity contribution in [3.05, 3.63) is 64.8 Å². The molecule has 6 nitrogen and oxygen atoms in total. The zero-order chi connectivity index (χ0) is 21.8. The van der Waals surface area contributed by atoms with Gasteiger partial charge in [0.25, 0.3) is 0 Å². The van der Waals surface area contributed by atoms with Gasteiger partial charge < -0.3 is 9.64 Å². The van der Waals surface area contributed by atoms with E-state index in [1.165, 1.54) is 0 Å². The van der Waals surface area contributed by atoms with Gasteiger partial charge >= 0.3 is 0 Å². The molecule has 1 aliphatic heterocycles. The van der Waals surface area contributed by atoms with E-state index in [9.17, 15) is 8.42 Å². The van der Waals surface area contributed by atoms with Crippen LogP contribution in [0.2, 0.25) is 0 Å². The molecule has 1 aliphatic rings. The summed E-state index contributed by atoms with van der Waals surface area (Å²) in [6.45, 7) is 5.04. The molecule has 1 aromatic heterocycles. The molecule has 2 heterocycles. The molecule has 1 N–H and O–H groups in total. The molecule has 0 spiro atoms. The van der Waals surface area contributed by atoms with Crippen molar-refractivity contribution in [2.75, 3.05) is 26.2 Å². The van der Waals surface area contributed by atoms with Crippen molar-refractivity contribution in [3.8, 4) is 5.75 Å². The van der Waals surface area contributed by atoms with Gasteiger partial charge in [-0.05, 0) is 56.6 Å². The third-order valence-corrected chi connectivity index (χ3v) is 7.39. The maximum Gasteiger partial charge on any atom is 0.240 e. The fourth-order valence-corrected chi connectivity index (χ4v) is 5.77. The number of sulfonamides is 1. The first-order valence-electron chi connectivity index (χ1n) is 10.4. The molecule has 1 saturated heterocycles. The van der Waals surface area contributed by atoms with E-state index in [1.807, 2.05) is 43.3 Å². The monoisotopic (exact) mass is 503 g/mol. The fourth-order valence-electron chi connectivity index (χ4n) is 3.91. The average Bonchev–Trinajstić information content (AvgIpc) is 3.17. The van der Waals surface area contributed by atoms with Gasteiger partial charge in [-0.2, -0.15) is 0 Å². The van der Waals surface area contributed by atoms with Crippen LogP contribution in [0, 0.1) is 6.92 Å². The highest BCUT2D eigenvalue weighted by molar-refractivity contribution is 9.10. The predicted molar refractivity (Wildman–Crippen MR) is 126 cm³/mol. The van der Waals surface area contributed by atoms with Crippen LogP contribution in [0.25, 0.3) is 10.9 Å². The van der Waals surface area contributed by atoms with E-state index < -0.39 is 10.0 Å². The molecule has 8 heteroatoms. The zero-order valence-electron chi connectivity index (χ0n) is 17.4. The number of hydrogen-bond acceptors (Lipinski definition) is 5. The number of pyridine rings is 1. The molecule has 0 aliphatic carbocycles. The van der Waals surface area contributed by atoms with Crippen LogP contribution in [0.1, 0.15) is 18.5 Å². The van der Waals surface area contributed by atoms with Crippen LogP contribution < -0.4 is 9.46 Å². The summed E-state index contributed by atoms with van der Waals surface area (Å²) in [5.41, 5.74) is 1.88. The van der Waals surface area contributed by atoms with Gasteiger partial charge in [0.15, 0.2) is 0 Å². The van der Waals surface area contributed by atoms with Crippen LogP contribution in [0.5, 0.6) is 5.75 Å². The number of aromatic nitrogens is 1. The van der Waals surface area contributed by atoms with Gasteiger partial charge in [-0.3, -0.25) is 4.98 Å². The first-order valence-corrected chi connectivity index (χ1v) is 12.7. The van der Waals surface area contributed by atoms with Crippen molar-refractivity contribution in [2.24, 2.45) is 0 Å². The zero-order valence-corrected chi connectivity index (χ0v) is 19.8. The van der Waals surface area contributed by atoms with Crippen molar-refractivity contribution in [1.82, 2.24) is 14.6 Å². The lowest BCUT2D eigenvalue weighted by molar-refractivity contribution is 0.263. The number of rotatable bonds is 8. The maximum absolute atomic E-state index is 12.6. The van der Waals surface area contributed by atoms with Crippen LogP contribution in [0.4, 0.5) is 0 Å². The van der Waals surface area contributed by atoms with Crippen LogP contribution in [0.3, 0.4) is 0 Å². The van der Waals surface area contributed by atoms with Crippen LogP contribution in [-0.2, 0) is 10.0 Å². The van der Waals surface area contributed by atoms with Crippen molar-refractivity contribution < 1.29 is 13.2 Å². The highest BCUT2D eigenvalue weighted by Crippen LogP contribution is 2.25. The minimum absolute atomic E-state index is 0.0725. The van der Waals surface area contributed by atoms with Crippen molar-refractivity contribution >= 4 is 36.9 Å². The smallest absolute Gasteiger partial charge is 0.240 e. The summed E-state index contributed by atoms with van der Waals surface area (Å²) in [6, 6.07) is 16.7. The maximum atomic E-state index is 12.6. The molecule has 1 fully saturated rings. The second kappa shape index (κ2) is 9.65. The van der Waals surface area contributed by atoms with Crippen LogP contribution in [-0.4, -0.2) is 50.6 Å². The van der Waals surface area contributed by atoms with E-state index in [4.69, 9.17) is 4.74 Å². The molecule has 0 bridgehead atoms. The largest absolute Gasteiger partial charge is 0.493 e. The number of para-hydroxylation sites is 1. The number of benzene rings is 2. The second-order valence-electron chi connectivity index (χ2n) is 7.85. The van der Waals surface area contributed by atoms with Gasteiger partial charge in [0.1, 0.15) is 5.75 Å². The number of likely N-dealkylation sites (tertiary alicyclic amines) is 1. The Hall–Kier alpha value is -2.00. The van der Waals surface area contributed by atoms with Gasteiger partial charge in [-0.1, -0.05) is 34.1 Å². The molecule has 31 heavy (non-hydrogen) atoms. The highest BCUT2D eigenvalue weighted by Gasteiger charge is 2.27. The Morgan fingerprint density at radius 3 is 2.87 bits per heavy atom. The van der Waals surface area contributed by atoms with Crippen LogP contribution in [0.15, 0.2) is 64.0 Å². The summed E-state index contributed by atoms with van der Waals surface area (Å²) >= 11 is 3.33. The van der Waals surface area contributed by atoms with Gasteiger partial charge in [-0.25, -0.2) is 13.1 Å². The first kappa shape index (κ1) is 22.2. The summed E-state index contributed by atoms with van der Waals surface area (Å²) < 4.78 is 34.9. The molecule has 2 aromatic carbocycles. The average molecular weight is 504 g/mol. The van der Waals surface area contributed by atoms with Gasteiger partial charge in [0, 0.05) is 40.8 Å². The summed E-state index contributed by atoms with van der Waals surface area (Å²) in [6.07, 6.45) is 1.68. The number of hydrogen-bond donors (Lipinski definition) is 1. The molecular weight excluding hydrogens is 478 g/mol. The first-order chi connectivity index (χ1) is 14.9. The highest BCUT2D eigenvalue weighted by atomic mass is 79.9. The quantitative estimate of drug-likeness (QED) is 0.468. The number of nitrogens with zero attached hydrogens (tertiary/aromatic N) is 2. The van der Waals surface area contributed by atoms with E-state index in [-0.39, 0.29) is 10.9 Å². The molecular formula is C23H26BrN3O3S. The van der Waals surface area contributed by atoms with Crippen molar-refractivity contribution in [2.45, 2.75) is 30.7 Å². The Morgan fingerprint density at radius 2 is 2.03 bits per heavy atom. The molecule has 3 aromatic rings. The number of aryl methyl sites for hydroxylation is 1. The van der Waals surface area contributed by atoms with Crippen molar-refractivity contribution in [1.29, 1.82) is 0 Å². The van der Waals surface area contributed by atoms with Crippen LogP contribution >= 0.6 is 15.9 Å². The fraction of sp³-hybridized carbons (Fsp3) is 0.348. The van der Waals surface area contributed by atoms with Crippen molar-refractivity contribution in [3.63, 3.8) is 0 Å². The van der Waals surface area contributed by atoms with Gasteiger partial charge in [0.05, 0.1) is 17.0 Å². The number of ether oxygens (including phenoxy) is 1. The molecule has 4 rings (SSSR count).